The van der Waals surface area contributed by atoms with Crippen molar-refractivity contribution in [1.82, 2.24) is 10.7 Å². The van der Waals surface area contributed by atoms with Crippen molar-refractivity contribution in [3.8, 4) is 17.2 Å². The zero-order chi connectivity index (χ0) is 17.2. The van der Waals surface area contributed by atoms with Gasteiger partial charge in [-0.05, 0) is 31.3 Å². The van der Waals surface area contributed by atoms with Crippen LogP contribution in [0.3, 0.4) is 0 Å². The number of hydrogen-bond acceptors (Lipinski definition) is 6. The largest absolute Gasteiger partial charge is 0.493 e. The standard InChI is InChI=1S/C15H23N3O4S/c1-10(9-19-2)17-15(23)18-16-8-11-6-7-12(20-3)14(22-5)13(11)21-4/h6-8,10H,9H2,1-5H3,(H2,17,18,23)/b16-8-/t10-/m0/s1. The summed E-state index contributed by atoms with van der Waals surface area (Å²) >= 11 is 5.14. The molecule has 1 rings (SSSR count). The van der Waals surface area contributed by atoms with Gasteiger partial charge in [-0.15, -0.1) is 0 Å². The van der Waals surface area contributed by atoms with Crippen molar-refractivity contribution >= 4 is 23.5 Å². The molecule has 1 atom stereocenters. The first-order chi connectivity index (χ1) is 11.1. The summed E-state index contributed by atoms with van der Waals surface area (Å²) in [4.78, 5) is 0. The Morgan fingerprint density at radius 2 is 1.87 bits per heavy atom. The summed E-state index contributed by atoms with van der Waals surface area (Å²) in [6.45, 7) is 2.51. The number of ether oxygens (including phenoxy) is 4. The van der Waals surface area contributed by atoms with Gasteiger partial charge < -0.3 is 24.3 Å². The van der Waals surface area contributed by atoms with Crippen LogP contribution in [0, 0.1) is 0 Å². The number of nitrogens with zero attached hydrogens (tertiary/aromatic N) is 1. The van der Waals surface area contributed by atoms with Crippen molar-refractivity contribution in [2.24, 2.45) is 5.10 Å². The summed E-state index contributed by atoms with van der Waals surface area (Å²) in [5, 5.41) is 7.55. The van der Waals surface area contributed by atoms with E-state index in [0.717, 1.165) is 5.56 Å². The zero-order valence-electron chi connectivity index (χ0n) is 14.0. The Bertz CT molecular complexity index is 552. The SMILES string of the molecule is COC[C@H](C)NC(=S)N/N=C\c1ccc(OC)c(OC)c1OC. The van der Waals surface area contributed by atoms with Gasteiger partial charge in [0.15, 0.2) is 16.6 Å². The topological polar surface area (TPSA) is 73.3 Å². The number of thiocarbonyl (C=S) groups is 1. The van der Waals surface area contributed by atoms with Gasteiger partial charge in [0.05, 0.1) is 34.2 Å². The Morgan fingerprint density at radius 1 is 1.17 bits per heavy atom. The van der Waals surface area contributed by atoms with E-state index in [9.17, 15) is 0 Å². The molecule has 2 N–H and O–H groups in total. The molecule has 0 radical (unpaired) electrons. The van der Waals surface area contributed by atoms with Crippen LogP contribution in [0.15, 0.2) is 17.2 Å². The van der Waals surface area contributed by atoms with E-state index in [-0.39, 0.29) is 6.04 Å². The average molecular weight is 341 g/mol. The fourth-order valence-corrected chi connectivity index (χ4v) is 2.19. The molecule has 128 valence electrons. The molecule has 0 heterocycles. The predicted molar refractivity (Wildman–Crippen MR) is 93.9 cm³/mol. The van der Waals surface area contributed by atoms with E-state index in [0.29, 0.717) is 29.0 Å². The second-order valence-corrected chi connectivity index (χ2v) is 5.03. The maximum Gasteiger partial charge on any atom is 0.203 e. The predicted octanol–water partition coefficient (Wildman–Crippen LogP) is 1.55. The van der Waals surface area contributed by atoms with Crippen LogP contribution < -0.4 is 25.0 Å². The summed E-state index contributed by atoms with van der Waals surface area (Å²) < 4.78 is 21.0. The van der Waals surface area contributed by atoms with Crippen molar-refractivity contribution in [3.63, 3.8) is 0 Å². The molecule has 0 spiro atoms. The van der Waals surface area contributed by atoms with E-state index >= 15 is 0 Å². The van der Waals surface area contributed by atoms with Gasteiger partial charge in [-0.3, -0.25) is 5.43 Å². The molecule has 1 aromatic rings. The molecule has 8 heteroatoms. The molecule has 0 saturated carbocycles. The minimum atomic E-state index is 0.0887. The van der Waals surface area contributed by atoms with Crippen LogP contribution >= 0.6 is 12.2 Å². The first-order valence-corrected chi connectivity index (χ1v) is 7.35. The molecule has 0 aliphatic heterocycles. The van der Waals surface area contributed by atoms with Gasteiger partial charge in [0.2, 0.25) is 5.75 Å². The van der Waals surface area contributed by atoms with Gasteiger partial charge in [-0.25, -0.2) is 0 Å². The van der Waals surface area contributed by atoms with Gasteiger partial charge in [-0.1, -0.05) is 0 Å². The molecule has 1 aromatic carbocycles. The van der Waals surface area contributed by atoms with E-state index in [1.54, 1.807) is 40.7 Å². The minimum absolute atomic E-state index is 0.0887. The molecule has 0 fully saturated rings. The molecule has 0 amide bonds. The fourth-order valence-electron chi connectivity index (χ4n) is 1.93. The van der Waals surface area contributed by atoms with Crippen molar-refractivity contribution in [2.45, 2.75) is 13.0 Å². The maximum atomic E-state index is 5.37. The summed E-state index contributed by atoms with van der Waals surface area (Å²) in [6.07, 6.45) is 1.59. The second kappa shape index (κ2) is 9.86. The number of hydrogen-bond donors (Lipinski definition) is 2. The van der Waals surface area contributed by atoms with Crippen LogP contribution in [0.4, 0.5) is 0 Å². The molecule has 0 unspecified atom stereocenters. The highest BCUT2D eigenvalue weighted by Gasteiger charge is 2.14. The quantitative estimate of drug-likeness (QED) is 0.422. The number of nitrogens with one attached hydrogen (secondary N) is 2. The van der Waals surface area contributed by atoms with Gasteiger partial charge in [0.1, 0.15) is 0 Å². The van der Waals surface area contributed by atoms with Crippen LogP contribution in [0.25, 0.3) is 0 Å². The van der Waals surface area contributed by atoms with Crippen LogP contribution in [0.1, 0.15) is 12.5 Å². The number of benzene rings is 1. The van der Waals surface area contributed by atoms with Crippen molar-refractivity contribution in [3.05, 3.63) is 17.7 Å². The number of rotatable bonds is 8. The lowest BCUT2D eigenvalue weighted by Gasteiger charge is -2.15. The van der Waals surface area contributed by atoms with E-state index in [2.05, 4.69) is 15.8 Å². The molecule has 7 nitrogen and oxygen atoms in total. The lowest BCUT2D eigenvalue weighted by atomic mass is 10.2. The van der Waals surface area contributed by atoms with Gasteiger partial charge in [-0.2, -0.15) is 5.10 Å². The summed E-state index contributed by atoms with van der Waals surface area (Å²) in [5.41, 5.74) is 3.47. The highest BCUT2D eigenvalue weighted by Crippen LogP contribution is 2.38. The lowest BCUT2D eigenvalue weighted by molar-refractivity contribution is 0.179. The summed E-state index contributed by atoms with van der Waals surface area (Å²) in [5.74, 6) is 1.62. The van der Waals surface area contributed by atoms with E-state index in [1.165, 1.54) is 0 Å². The summed E-state index contributed by atoms with van der Waals surface area (Å²) in [6, 6.07) is 3.68. The lowest BCUT2D eigenvalue weighted by Crippen LogP contribution is -2.40. The Balaban J connectivity index is 2.78. The van der Waals surface area contributed by atoms with Crippen molar-refractivity contribution < 1.29 is 18.9 Å². The van der Waals surface area contributed by atoms with Crippen molar-refractivity contribution in [2.75, 3.05) is 35.0 Å². The van der Waals surface area contributed by atoms with Gasteiger partial charge >= 0.3 is 0 Å². The highest BCUT2D eigenvalue weighted by atomic mass is 32.1. The van der Waals surface area contributed by atoms with Crippen molar-refractivity contribution in [1.29, 1.82) is 0 Å². The fraction of sp³-hybridized carbons (Fsp3) is 0.467. The Morgan fingerprint density at radius 3 is 2.43 bits per heavy atom. The Labute approximate surface area is 141 Å². The molecular weight excluding hydrogens is 318 g/mol. The van der Waals surface area contributed by atoms with E-state index < -0.39 is 0 Å². The maximum absolute atomic E-state index is 5.37. The van der Waals surface area contributed by atoms with Crippen LogP contribution in [0.2, 0.25) is 0 Å². The first kappa shape index (κ1) is 19.0. The number of methoxy groups -OCH3 is 4. The third-order valence-corrected chi connectivity index (χ3v) is 3.11. The Kier molecular flexibility index (Phi) is 8.14. The molecule has 0 aliphatic rings. The van der Waals surface area contributed by atoms with Crippen LogP contribution in [-0.4, -0.2) is 52.4 Å². The van der Waals surface area contributed by atoms with Gasteiger partial charge in [0.25, 0.3) is 0 Å². The van der Waals surface area contributed by atoms with E-state index in [1.807, 2.05) is 13.0 Å². The normalized spacial score (nSPS) is 11.9. The average Bonchev–Trinajstić information content (AvgIpc) is 2.54. The van der Waals surface area contributed by atoms with Crippen LogP contribution in [0.5, 0.6) is 17.2 Å². The monoisotopic (exact) mass is 341 g/mol. The smallest absolute Gasteiger partial charge is 0.203 e. The summed E-state index contributed by atoms with van der Waals surface area (Å²) in [7, 11) is 6.31. The third-order valence-electron chi connectivity index (χ3n) is 2.90. The van der Waals surface area contributed by atoms with Gasteiger partial charge in [0, 0.05) is 18.7 Å². The minimum Gasteiger partial charge on any atom is -0.493 e. The first-order valence-electron chi connectivity index (χ1n) is 6.94. The zero-order valence-corrected chi connectivity index (χ0v) is 14.8. The molecule has 0 bridgehead atoms. The van der Waals surface area contributed by atoms with E-state index in [4.69, 9.17) is 31.2 Å². The Hall–Kier alpha value is -2.06. The third kappa shape index (κ3) is 5.57. The molecule has 0 saturated heterocycles. The molecule has 0 aromatic heterocycles. The molecule has 23 heavy (non-hydrogen) atoms. The number of hydrazone groups is 1. The second-order valence-electron chi connectivity index (χ2n) is 4.62. The molecule has 0 aliphatic carbocycles. The van der Waals surface area contributed by atoms with Crippen LogP contribution in [-0.2, 0) is 4.74 Å². The molecular formula is C15H23N3O4S. The highest BCUT2D eigenvalue weighted by molar-refractivity contribution is 7.80.